The number of hydrogen-bond acceptors (Lipinski definition) is 8. The van der Waals surface area contributed by atoms with E-state index in [1.165, 1.54) is 54.5 Å². The summed E-state index contributed by atoms with van der Waals surface area (Å²) in [5.41, 5.74) is 0.0588. The minimum Gasteiger partial charge on any atom is -0.507 e. The highest BCUT2D eigenvalue weighted by atomic mass is 16.6. The van der Waals surface area contributed by atoms with Gasteiger partial charge in [-0.05, 0) is 56.9 Å². The summed E-state index contributed by atoms with van der Waals surface area (Å²) in [6.45, 7) is 0.894. The molecule has 0 saturated carbocycles. The van der Waals surface area contributed by atoms with Crippen LogP contribution in [0.4, 0.5) is 5.69 Å². The van der Waals surface area contributed by atoms with Gasteiger partial charge in [-0.2, -0.15) is 0 Å². The SMILES string of the molecule is COc1ccc(C(O)=C2C(=O)C(=O)N(CCCN(C)C)[C@H]2c2ccc([N+](=O)[O-])cc2)c(O)c1. The van der Waals surface area contributed by atoms with Gasteiger partial charge in [-0.1, -0.05) is 0 Å². The number of nitro groups is 1. The zero-order chi connectivity index (χ0) is 24.3. The zero-order valence-corrected chi connectivity index (χ0v) is 18.5. The normalized spacial score (nSPS) is 17.6. The maximum Gasteiger partial charge on any atom is 0.295 e. The highest BCUT2D eigenvalue weighted by Gasteiger charge is 2.46. The number of amides is 1. The average molecular weight is 455 g/mol. The molecule has 2 N–H and O–H groups in total. The molecule has 10 nitrogen and oxygen atoms in total. The van der Waals surface area contributed by atoms with Crippen LogP contribution in [0, 0.1) is 10.1 Å². The van der Waals surface area contributed by atoms with Gasteiger partial charge in [-0.15, -0.1) is 0 Å². The number of rotatable bonds is 8. The number of Topliss-reactive ketones (excluding diaryl/α,β-unsaturated/α-hetero) is 1. The molecule has 0 spiro atoms. The minimum absolute atomic E-state index is 0.0333. The Morgan fingerprint density at radius 3 is 2.39 bits per heavy atom. The number of aromatic hydroxyl groups is 1. The Bertz CT molecular complexity index is 1110. The largest absolute Gasteiger partial charge is 0.507 e. The monoisotopic (exact) mass is 455 g/mol. The first-order chi connectivity index (χ1) is 15.6. The van der Waals surface area contributed by atoms with Crippen LogP contribution in [0.1, 0.15) is 23.6 Å². The third-order valence-electron chi connectivity index (χ3n) is 5.42. The van der Waals surface area contributed by atoms with E-state index in [2.05, 4.69) is 0 Å². The molecule has 1 fully saturated rings. The third kappa shape index (κ3) is 4.80. The zero-order valence-electron chi connectivity index (χ0n) is 18.5. The topological polar surface area (TPSA) is 133 Å². The molecule has 1 amide bonds. The molecule has 2 aromatic rings. The molecule has 0 unspecified atom stereocenters. The van der Waals surface area contributed by atoms with Gasteiger partial charge < -0.3 is 24.7 Å². The number of phenolic OH excluding ortho intramolecular Hbond substituents is 1. The first kappa shape index (κ1) is 23.7. The standard InChI is InChI=1S/C23H25N3O7/c1-24(2)11-4-12-25-20(14-5-7-15(8-6-14)26(31)32)19(22(29)23(25)30)21(28)17-10-9-16(33-3)13-18(17)27/h5-10,13,20,27-28H,4,11-12H2,1-3H3/t20-/m0/s1. The first-order valence-electron chi connectivity index (χ1n) is 10.2. The Labute approximate surface area is 190 Å². The molecular weight excluding hydrogens is 430 g/mol. The van der Waals surface area contributed by atoms with Gasteiger partial charge >= 0.3 is 0 Å². The second-order valence-electron chi connectivity index (χ2n) is 7.88. The van der Waals surface area contributed by atoms with E-state index < -0.39 is 28.4 Å². The van der Waals surface area contributed by atoms with Gasteiger partial charge in [0.05, 0.1) is 29.2 Å². The van der Waals surface area contributed by atoms with E-state index in [0.717, 1.165) is 0 Å². The smallest absolute Gasteiger partial charge is 0.295 e. The number of aliphatic hydroxyl groups is 1. The summed E-state index contributed by atoms with van der Waals surface area (Å²) < 4.78 is 5.05. The van der Waals surface area contributed by atoms with Crippen molar-refractivity contribution in [3.05, 3.63) is 69.3 Å². The number of ether oxygens (including phenoxy) is 1. The lowest BCUT2D eigenvalue weighted by Crippen LogP contribution is -2.32. The van der Waals surface area contributed by atoms with Gasteiger partial charge in [0.15, 0.2) is 0 Å². The average Bonchev–Trinajstić information content (AvgIpc) is 3.03. The molecule has 33 heavy (non-hydrogen) atoms. The van der Waals surface area contributed by atoms with Crippen LogP contribution < -0.4 is 4.74 Å². The molecule has 1 saturated heterocycles. The molecule has 2 aromatic carbocycles. The van der Waals surface area contributed by atoms with Crippen LogP contribution in [0.3, 0.4) is 0 Å². The number of hydrogen-bond donors (Lipinski definition) is 2. The van der Waals surface area contributed by atoms with Gasteiger partial charge in [-0.25, -0.2) is 0 Å². The summed E-state index contributed by atoms with van der Waals surface area (Å²) in [7, 11) is 5.19. The molecule has 3 rings (SSSR count). The van der Waals surface area contributed by atoms with Crippen molar-refractivity contribution in [3.63, 3.8) is 0 Å². The highest BCUT2D eigenvalue weighted by Crippen LogP contribution is 2.41. The molecule has 1 aliphatic rings. The molecule has 1 aliphatic heterocycles. The number of phenols is 1. The lowest BCUT2D eigenvalue weighted by atomic mass is 9.94. The van der Waals surface area contributed by atoms with Crippen molar-refractivity contribution in [3.8, 4) is 11.5 Å². The van der Waals surface area contributed by atoms with Gasteiger partial charge in [0.25, 0.3) is 17.4 Å². The van der Waals surface area contributed by atoms with E-state index in [-0.39, 0.29) is 29.1 Å². The van der Waals surface area contributed by atoms with Crippen LogP contribution in [0.2, 0.25) is 0 Å². The molecule has 10 heteroatoms. The van der Waals surface area contributed by atoms with Gasteiger partial charge in [0.1, 0.15) is 17.3 Å². The molecule has 0 aromatic heterocycles. The number of likely N-dealkylation sites (tertiary alicyclic amines) is 1. The predicted octanol–water partition coefficient (Wildman–Crippen LogP) is 2.68. The Balaban J connectivity index is 2.12. The van der Waals surface area contributed by atoms with Crippen LogP contribution >= 0.6 is 0 Å². The maximum absolute atomic E-state index is 13.0. The quantitative estimate of drug-likeness (QED) is 0.204. The summed E-state index contributed by atoms with van der Waals surface area (Å²) in [4.78, 5) is 39.7. The van der Waals surface area contributed by atoms with Crippen LogP contribution in [0.15, 0.2) is 48.0 Å². The second-order valence-corrected chi connectivity index (χ2v) is 7.88. The van der Waals surface area contributed by atoms with Crippen LogP contribution in [0.25, 0.3) is 5.76 Å². The third-order valence-corrected chi connectivity index (χ3v) is 5.42. The Kier molecular flexibility index (Phi) is 6.98. The lowest BCUT2D eigenvalue weighted by molar-refractivity contribution is -0.384. The van der Waals surface area contributed by atoms with Gasteiger partial charge in [0, 0.05) is 24.7 Å². The summed E-state index contributed by atoms with van der Waals surface area (Å²) >= 11 is 0. The summed E-state index contributed by atoms with van der Waals surface area (Å²) in [6.07, 6.45) is 0.567. The number of nitro benzene ring substituents is 1. The number of carbonyl (C=O) groups is 2. The number of methoxy groups -OCH3 is 1. The number of benzene rings is 2. The highest BCUT2D eigenvalue weighted by molar-refractivity contribution is 6.46. The maximum atomic E-state index is 13.0. The number of aliphatic hydroxyl groups excluding tert-OH is 1. The molecule has 174 valence electrons. The van der Waals surface area contributed by atoms with Crippen molar-refractivity contribution in [1.82, 2.24) is 9.80 Å². The van der Waals surface area contributed by atoms with Gasteiger partial charge in [0.2, 0.25) is 0 Å². The van der Waals surface area contributed by atoms with Crippen LogP contribution in [-0.2, 0) is 9.59 Å². The Morgan fingerprint density at radius 1 is 1.18 bits per heavy atom. The summed E-state index contributed by atoms with van der Waals surface area (Å²) in [5, 5.41) is 32.4. The summed E-state index contributed by atoms with van der Waals surface area (Å²) in [6, 6.07) is 8.67. The first-order valence-corrected chi connectivity index (χ1v) is 10.2. The molecule has 0 aliphatic carbocycles. The van der Waals surface area contributed by atoms with Crippen molar-refractivity contribution in [1.29, 1.82) is 0 Å². The number of ketones is 1. The number of nitrogens with zero attached hydrogens (tertiary/aromatic N) is 3. The van der Waals surface area contributed by atoms with Crippen LogP contribution in [-0.4, -0.2) is 70.9 Å². The molecule has 1 atom stereocenters. The minimum atomic E-state index is -0.963. The number of non-ortho nitro benzene ring substituents is 1. The molecule has 0 bridgehead atoms. The van der Waals surface area contributed by atoms with Gasteiger partial charge in [-0.3, -0.25) is 19.7 Å². The fourth-order valence-electron chi connectivity index (χ4n) is 3.78. The van der Waals surface area contributed by atoms with E-state index in [4.69, 9.17) is 4.74 Å². The van der Waals surface area contributed by atoms with Crippen molar-refractivity contribution in [2.45, 2.75) is 12.5 Å². The molecule has 1 heterocycles. The summed E-state index contributed by atoms with van der Waals surface area (Å²) in [5.74, 6) is -2.19. The molecule has 0 radical (unpaired) electrons. The van der Waals surface area contributed by atoms with Crippen molar-refractivity contribution in [2.24, 2.45) is 0 Å². The fourth-order valence-corrected chi connectivity index (χ4v) is 3.78. The van der Waals surface area contributed by atoms with E-state index >= 15 is 0 Å². The van der Waals surface area contributed by atoms with Crippen molar-refractivity contribution < 1.29 is 29.5 Å². The van der Waals surface area contributed by atoms with Crippen molar-refractivity contribution >= 4 is 23.1 Å². The predicted molar refractivity (Wildman–Crippen MR) is 120 cm³/mol. The fraction of sp³-hybridized carbons (Fsp3) is 0.304. The van der Waals surface area contributed by atoms with Crippen LogP contribution in [0.5, 0.6) is 11.5 Å². The van der Waals surface area contributed by atoms with E-state index in [0.29, 0.717) is 24.3 Å². The van der Waals surface area contributed by atoms with E-state index in [9.17, 15) is 29.9 Å². The van der Waals surface area contributed by atoms with Crippen molar-refractivity contribution in [2.75, 3.05) is 34.3 Å². The van der Waals surface area contributed by atoms with E-state index in [1.807, 2.05) is 19.0 Å². The Hall–Kier alpha value is -3.92. The van der Waals surface area contributed by atoms with E-state index in [1.54, 1.807) is 0 Å². The molecular formula is C23H25N3O7. The lowest BCUT2D eigenvalue weighted by Gasteiger charge is -2.26. The Morgan fingerprint density at radius 2 is 1.85 bits per heavy atom. The second kappa shape index (κ2) is 9.70. The number of carbonyl (C=O) groups excluding carboxylic acids is 2.